The molecule has 2 heterocycles. The number of rotatable bonds is 18. The van der Waals surface area contributed by atoms with Crippen molar-refractivity contribution in [2.45, 2.75) is 63.8 Å². The maximum atomic E-state index is 13.7. The highest BCUT2D eigenvalue weighted by Gasteiger charge is 2.27. The number of sulfonamides is 1. The van der Waals surface area contributed by atoms with Gasteiger partial charge in [-0.3, -0.25) is 14.7 Å². The Bertz CT molecular complexity index is 1420. The van der Waals surface area contributed by atoms with Gasteiger partial charge in [0.2, 0.25) is 15.9 Å². The van der Waals surface area contributed by atoms with Gasteiger partial charge in [-0.2, -0.15) is 0 Å². The van der Waals surface area contributed by atoms with Gasteiger partial charge in [-0.1, -0.05) is 60.7 Å². The minimum absolute atomic E-state index is 0.117. The van der Waals surface area contributed by atoms with Crippen LogP contribution >= 0.6 is 11.3 Å². The van der Waals surface area contributed by atoms with Gasteiger partial charge >= 0.3 is 6.09 Å². The second-order valence-corrected chi connectivity index (χ2v) is 14.4. The molecule has 3 atom stereocenters. The van der Waals surface area contributed by atoms with E-state index < -0.39 is 22.2 Å². The Balaban J connectivity index is 1.45. The van der Waals surface area contributed by atoms with Gasteiger partial charge in [-0.25, -0.2) is 17.9 Å². The van der Waals surface area contributed by atoms with Crippen molar-refractivity contribution in [3.8, 4) is 0 Å². The van der Waals surface area contributed by atoms with Crippen LogP contribution in [0.25, 0.3) is 0 Å². The maximum Gasteiger partial charge on any atom is 0.407 e. The predicted molar refractivity (Wildman–Crippen MR) is 179 cm³/mol. The molecule has 0 bridgehead atoms. The lowest BCUT2D eigenvalue weighted by molar-refractivity contribution is -0.123. The number of alkyl carbamates (subject to hydrolysis) is 1. The third kappa shape index (κ3) is 12.8. The number of carbonyl (C=O) groups excluding carboxylic acids is 2. The quantitative estimate of drug-likeness (QED) is 0.187. The second kappa shape index (κ2) is 18.7. The molecule has 1 saturated heterocycles. The lowest BCUT2D eigenvalue weighted by Gasteiger charge is -2.29. The van der Waals surface area contributed by atoms with Crippen LogP contribution in [0, 0.1) is 0 Å². The largest absolute Gasteiger partial charge is 0.444 e. The number of nitrogens with one attached hydrogen (secondary N) is 3. The van der Waals surface area contributed by atoms with Crippen molar-refractivity contribution in [1.29, 1.82) is 0 Å². The lowest BCUT2D eigenvalue weighted by atomic mass is 9.95. The van der Waals surface area contributed by atoms with E-state index in [1.54, 1.807) is 18.6 Å². The molecule has 3 aromatic rings. The van der Waals surface area contributed by atoms with E-state index >= 15 is 0 Å². The van der Waals surface area contributed by atoms with Crippen molar-refractivity contribution in [3.05, 3.63) is 88.4 Å². The van der Waals surface area contributed by atoms with E-state index in [2.05, 4.69) is 25.2 Å². The third-order valence-electron chi connectivity index (χ3n) is 7.87. The summed E-state index contributed by atoms with van der Waals surface area (Å²) in [5.74, 6) is -0.476. The van der Waals surface area contributed by atoms with Gasteiger partial charge < -0.3 is 20.1 Å². The number of benzene rings is 2. The van der Waals surface area contributed by atoms with Gasteiger partial charge in [0.1, 0.15) is 12.6 Å². The highest BCUT2D eigenvalue weighted by atomic mass is 32.2. The molecule has 0 aliphatic carbocycles. The van der Waals surface area contributed by atoms with Crippen LogP contribution in [0.4, 0.5) is 4.79 Å². The number of nitrogens with zero attached hydrogens (tertiary/aromatic N) is 2. The zero-order chi connectivity index (χ0) is 32.6. The molecule has 2 aromatic carbocycles. The summed E-state index contributed by atoms with van der Waals surface area (Å²) in [6.07, 6.45) is 3.73. The smallest absolute Gasteiger partial charge is 0.407 e. The van der Waals surface area contributed by atoms with Gasteiger partial charge in [-0.15, -0.1) is 11.3 Å². The van der Waals surface area contributed by atoms with Gasteiger partial charge in [-0.05, 0) is 50.2 Å². The number of thiazole rings is 1. The fraction of sp³-hybridized carbons (Fsp3) is 0.485. The zero-order valence-electron chi connectivity index (χ0n) is 26.3. The molecule has 11 nitrogen and oxygen atoms in total. The molecule has 13 heteroatoms. The van der Waals surface area contributed by atoms with Gasteiger partial charge in [0.15, 0.2) is 0 Å². The number of hydrogen-bond donors (Lipinski definition) is 3. The van der Waals surface area contributed by atoms with E-state index in [1.807, 2.05) is 60.7 Å². The van der Waals surface area contributed by atoms with Crippen LogP contribution in [0.5, 0.6) is 0 Å². The molecule has 1 aromatic heterocycles. The van der Waals surface area contributed by atoms with Crippen molar-refractivity contribution in [1.82, 2.24) is 25.2 Å². The monoisotopic (exact) mass is 671 g/mol. The highest BCUT2D eigenvalue weighted by Crippen LogP contribution is 2.15. The van der Waals surface area contributed by atoms with Crippen molar-refractivity contribution in [2.24, 2.45) is 0 Å². The number of aromatic nitrogens is 1. The van der Waals surface area contributed by atoms with Gasteiger partial charge in [0, 0.05) is 37.9 Å². The summed E-state index contributed by atoms with van der Waals surface area (Å²) in [5, 5.41) is 6.18. The Morgan fingerprint density at radius 1 is 0.935 bits per heavy atom. The lowest BCUT2D eigenvalue weighted by Crippen LogP contribution is -2.52. The maximum absolute atomic E-state index is 13.7. The number of ether oxygens (including phenoxy) is 2. The Kier molecular flexibility index (Phi) is 14.4. The molecule has 0 unspecified atom stereocenters. The summed E-state index contributed by atoms with van der Waals surface area (Å²) in [4.78, 5) is 33.6. The molecule has 2 amide bonds. The van der Waals surface area contributed by atoms with Crippen LogP contribution in [0.15, 0.2) is 72.4 Å². The summed E-state index contributed by atoms with van der Waals surface area (Å²) in [7, 11) is -3.63. The van der Waals surface area contributed by atoms with Crippen LogP contribution < -0.4 is 15.4 Å². The summed E-state index contributed by atoms with van der Waals surface area (Å²) in [6.45, 7) is 4.99. The first kappa shape index (κ1) is 35.5. The van der Waals surface area contributed by atoms with E-state index in [1.165, 1.54) is 11.3 Å². The van der Waals surface area contributed by atoms with Crippen molar-refractivity contribution < 1.29 is 27.5 Å². The molecule has 1 aliphatic heterocycles. The van der Waals surface area contributed by atoms with Crippen LogP contribution in [-0.2, 0) is 43.7 Å². The van der Waals surface area contributed by atoms with Crippen LogP contribution in [0.1, 0.15) is 42.2 Å². The third-order valence-corrected chi connectivity index (χ3v) is 10.0. The molecule has 3 N–H and O–H groups in total. The van der Waals surface area contributed by atoms with Crippen LogP contribution in [-0.4, -0.2) is 87.0 Å². The average molecular weight is 672 g/mol. The summed E-state index contributed by atoms with van der Waals surface area (Å²) >= 11 is 1.42. The SMILES string of the molecule is CCS(=O)(=O)N[C@@H](CCN1CCOCC1)C(=O)N[C@H](CC[C@H](Cc1ccccc1)NC(=O)OCc1cncs1)Cc1ccccc1. The van der Waals surface area contributed by atoms with Crippen LogP contribution in [0.3, 0.4) is 0 Å². The Morgan fingerprint density at radius 3 is 2.11 bits per heavy atom. The Morgan fingerprint density at radius 2 is 1.54 bits per heavy atom. The topological polar surface area (TPSA) is 139 Å². The molecule has 1 fully saturated rings. The summed E-state index contributed by atoms with van der Waals surface area (Å²) in [5.41, 5.74) is 3.80. The first-order valence-electron chi connectivity index (χ1n) is 15.8. The molecular formula is C33H45N5O6S2. The molecule has 0 saturated carbocycles. The van der Waals surface area contributed by atoms with Crippen molar-refractivity contribution in [3.63, 3.8) is 0 Å². The molecule has 0 radical (unpaired) electrons. The molecule has 250 valence electrons. The summed E-state index contributed by atoms with van der Waals surface area (Å²) in [6, 6.07) is 18.3. The molecular weight excluding hydrogens is 627 g/mol. The van der Waals surface area contributed by atoms with Crippen molar-refractivity contribution in [2.75, 3.05) is 38.6 Å². The predicted octanol–water partition coefficient (Wildman–Crippen LogP) is 3.52. The highest BCUT2D eigenvalue weighted by molar-refractivity contribution is 7.89. The zero-order valence-corrected chi connectivity index (χ0v) is 27.9. The normalized spacial score (nSPS) is 15.8. The van der Waals surface area contributed by atoms with Crippen LogP contribution in [0.2, 0.25) is 0 Å². The van der Waals surface area contributed by atoms with Crippen molar-refractivity contribution >= 4 is 33.4 Å². The first-order valence-corrected chi connectivity index (χ1v) is 18.3. The standard InChI is InChI=1S/C33H45N5O6S2/c1-2-46(41,42)37-31(15-16-38-17-19-43-20-18-38)32(39)35-28(21-26-9-5-3-6-10-26)13-14-29(22-27-11-7-4-8-12-27)36-33(40)44-24-30-23-34-25-45-30/h3-12,23,25,28-29,31,37H,2,13-22,24H2,1H3,(H,35,39)(H,36,40)/t28-,29-,31+/m1/s1. The fourth-order valence-electron chi connectivity index (χ4n) is 5.29. The van der Waals surface area contributed by atoms with E-state index in [4.69, 9.17) is 9.47 Å². The van der Waals surface area contributed by atoms with Gasteiger partial charge in [0.25, 0.3) is 0 Å². The molecule has 0 spiro atoms. The number of carbonyl (C=O) groups is 2. The summed E-state index contributed by atoms with van der Waals surface area (Å²) < 4.78 is 38.7. The number of morpholine rings is 1. The molecule has 4 rings (SSSR count). The van der Waals surface area contributed by atoms with E-state index in [-0.39, 0.29) is 30.4 Å². The first-order chi connectivity index (χ1) is 22.3. The minimum Gasteiger partial charge on any atom is -0.444 e. The number of amides is 2. The van der Waals surface area contributed by atoms with E-state index in [9.17, 15) is 18.0 Å². The second-order valence-electron chi connectivity index (χ2n) is 11.4. The Hall–Kier alpha value is -3.36. The fourth-order valence-corrected chi connectivity index (χ4v) is 6.62. The molecule has 1 aliphatic rings. The average Bonchev–Trinajstić information content (AvgIpc) is 3.60. The minimum atomic E-state index is -3.63. The molecule has 46 heavy (non-hydrogen) atoms. The van der Waals surface area contributed by atoms with E-state index in [0.717, 1.165) is 29.1 Å². The number of hydrogen-bond acceptors (Lipinski definition) is 9. The van der Waals surface area contributed by atoms with Gasteiger partial charge in [0.05, 0.1) is 29.4 Å². The van der Waals surface area contributed by atoms with E-state index in [0.29, 0.717) is 51.9 Å². The Labute approximate surface area is 276 Å².